The van der Waals surface area contributed by atoms with Crippen LogP contribution in [0, 0.1) is 6.92 Å². The molecular formula is C30H35BrClN3O4S. The molecule has 0 aliphatic carbocycles. The van der Waals surface area contributed by atoms with Crippen molar-refractivity contribution in [3.05, 3.63) is 99.0 Å². The number of amides is 2. The summed E-state index contributed by atoms with van der Waals surface area (Å²) in [6.45, 7) is 6.97. The fraction of sp³-hybridized carbons (Fsp3) is 0.333. The molecule has 0 saturated carbocycles. The van der Waals surface area contributed by atoms with Gasteiger partial charge in [-0.3, -0.25) is 13.9 Å². The molecule has 214 valence electrons. The summed E-state index contributed by atoms with van der Waals surface area (Å²) in [6.07, 6.45) is 1.29. The number of carbonyl (C=O) groups excluding carboxylic acids is 2. The van der Waals surface area contributed by atoms with E-state index in [2.05, 4.69) is 21.2 Å². The Kier molecular flexibility index (Phi) is 10.4. The van der Waals surface area contributed by atoms with E-state index in [1.54, 1.807) is 42.5 Å². The molecule has 7 nitrogen and oxygen atoms in total. The van der Waals surface area contributed by atoms with Crippen LogP contribution in [0.25, 0.3) is 0 Å². The van der Waals surface area contributed by atoms with Crippen molar-refractivity contribution < 1.29 is 18.0 Å². The highest BCUT2D eigenvalue weighted by Crippen LogP contribution is 2.26. The van der Waals surface area contributed by atoms with Gasteiger partial charge in [0.2, 0.25) is 21.8 Å². The lowest BCUT2D eigenvalue weighted by molar-refractivity contribution is -0.140. The molecule has 0 unspecified atom stereocenters. The van der Waals surface area contributed by atoms with Crippen molar-refractivity contribution in [2.45, 2.75) is 52.2 Å². The van der Waals surface area contributed by atoms with Gasteiger partial charge in [0.1, 0.15) is 12.6 Å². The first kappa shape index (κ1) is 31.6. The smallest absolute Gasteiger partial charge is 0.244 e. The third-order valence-corrected chi connectivity index (χ3v) is 8.58. The molecule has 0 bridgehead atoms. The number of nitrogens with zero attached hydrogens (tertiary/aromatic N) is 2. The molecule has 0 fully saturated rings. The van der Waals surface area contributed by atoms with Crippen molar-refractivity contribution in [3.63, 3.8) is 0 Å². The first-order valence-electron chi connectivity index (χ1n) is 12.8. The molecule has 40 heavy (non-hydrogen) atoms. The Bertz CT molecular complexity index is 1460. The van der Waals surface area contributed by atoms with E-state index in [1.807, 2.05) is 58.0 Å². The van der Waals surface area contributed by atoms with E-state index in [4.69, 9.17) is 11.6 Å². The maximum absolute atomic E-state index is 14.1. The van der Waals surface area contributed by atoms with Gasteiger partial charge in [-0.1, -0.05) is 76.1 Å². The first-order chi connectivity index (χ1) is 18.7. The van der Waals surface area contributed by atoms with Gasteiger partial charge in [0.05, 0.1) is 11.9 Å². The lowest BCUT2D eigenvalue weighted by Crippen LogP contribution is -2.56. The predicted molar refractivity (Wildman–Crippen MR) is 165 cm³/mol. The summed E-state index contributed by atoms with van der Waals surface area (Å²) in [5.74, 6) is -0.877. The zero-order chi connectivity index (χ0) is 29.7. The monoisotopic (exact) mass is 647 g/mol. The molecule has 0 aliphatic rings. The zero-order valence-electron chi connectivity index (χ0n) is 23.3. The van der Waals surface area contributed by atoms with Crippen LogP contribution >= 0.6 is 27.5 Å². The molecule has 10 heteroatoms. The van der Waals surface area contributed by atoms with Crippen molar-refractivity contribution >= 4 is 55.1 Å². The maximum Gasteiger partial charge on any atom is 0.244 e. The van der Waals surface area contributed by atoms with E-state index in [0.717, 1.165) is 26.2 Å². The number of benzene rings is 3. The van der Waals surface area contributed by atoms with Crippen LogP contribution < -0.4 is 9.62 Å². The predicted octanol–water partition coefficient (Wildman–Crippen LogP) is 5.73. The van der Waals surface area contributed by atoms with Gasteiger partial charge >= 0.3 is 0 Å². The second-order valence-corrected chi connectivity index (χ2v) is 13.9. The number of nitrogens with one attached hydrogen (secondary N) is 1. The molecule has 3 aromatic carbocycles. The maximum atomic E-state index is 14.1. The quantitative estimate of drug-likeness (QED) is 0.304. The first-order valence-corrected chi connectivity index (χ1v) is 15.8. The Morgan fingerprint density at radius 3 is 2.20 bits per heavy atom. The van der Waals surface area contributed by atoms with Gasteiger partial charge < -0.3 is 10.2 Å². The number of anilines is 1. The molecule has 3 aromatic rings. The zero-order valence-corrected chi connectivity index (χ0v) is 26.5. The molecule has 1 N–H and O–H groups in total. The fourth-order valence-electron chi connectivity index (χ4n) is 4.21. The molecular weight excluding hydrogens is 614 g/mol. The van der Waals surface area contributed by atoms with Gasteiger partial charge in [0, 0.05) is 28.0 Å². The number of hydrogen-bond acceptors (Lipinski definition) is 4. The second kappa shape index (κ2) is 13.2. The summed E-state index contributed by atoms with van der Waals surface area (Å²) in [6, 6.07) is 20.6. The summed E-state index contributed by atoms with van der Waals surface area (Å²) in [5, 5.41) is 3.44. The number of sulfonamides is 1. The topological polar surface area (TPSA) is 86.8 Å². The van der Waals surface area contributed by atoms with Crippen LogP contribution in [0.2, 0.25) is 5.02 Å². The van der Waals surface area contributed by atoms with Crippen LogP contribution in [0.15, 0.2) is 77.3 Å². The highest BCUT2D eigenvalue weighted by molar-refractivity contribution is 9.10. The van der Waals surface area contributed by atoms with E-state index in [0.29, 0.717) is 16.3 Å². The molecule has 2 amide bonds. The fourth-order valence-corrected chi connectivity index (χ4v) is 5.50. The van der Waals surface area contributed by atoms with Crippen LogP contribution in [0.5, 0.6) is 0 Å². The van der Waals surface area contributed by atoms with E-state index in [1.165, 1.54) is 4.90 Å². The highest BCUT2D eigenvalue weighted by Gasteiger charge is 2.34. The SMILES string of the molecule is Cc1cc(N(CC(=O)N(Cc2ccccc2Cl)[C@@H](Cc2ccccc2)C(=O)NC(C)(C)C)S(C)(=O)=O)ccc1Br. The van der Waals surface area contributed by atoms with Crippen molar-refractivity contribution in [3.8, 4) is 0 Å². The Labute approximate surface area is 250 Å². The van der Waals surface area contributed by atoms with E-state index < -0.39 is 34.1 Å². The molecule has 3 rings (SSSR count). The van der Waals surface area contributed by atoms with Crippen LogP contribution in [0.1, 0.15) is 37.5 Å². The number of halogens is 2. The van der Waals surface area contributed by atoms with Crippen LogP contribution in [-0.2, 0) is 32.6 Å². The second-order valence-electron chi connectivity index (χ2n) is 10.8. The average molecular weight is 649 g/mol. The van der Waals surface area contributed by atoms with E-state index >= 15 is 0 Å². The Hall–Kier alpha value is -2.88. The lowest BCUT2D eigenvalue weighted by atomic mass is 10.0. The summed E-state index contributed by atoms with van der Waals surface area (Å²) in [4.78, 5) is 29.3. The van der Waals surface area contributed by atoms with Crippen LogP contribution in [-0.4, -0.2) is 49.5 Å². The third kappa shape index (κ3) is 8.81. The largest absolute Gasteiger partial charge is 0.350 e. The minimum atomic E-state index is -3.85. The molecule has 1 atom stereocenters. The molecule has 0 spiro atoms. The Balaban J connectivity index is 2.10. The van der Waals surface area contributed by atoms with Crippen molar-refractivity contribution in [2.24, 2.45) is 0 Å². The number of aryl methyl sites for hydroxylation is 1. The normalized spacial score (nSPS) is 12.5. The van der Waals surface area contributed by atoms with Crippen LogP contribution in [0.3, 0.4) is 0 Å². The minimum absolute atomic E-state index is 0.0184. The average Bonchev–Trinajstić information content (AvgIpc) is 2.86. The van der Waals surface area contributed by atoms with Gasteiger partial charge in [0.15, 0.2) is 0 Å². The standard InChI is InChI=1S/C30H35BrClN3O4S/c1-21-17-24(15-16-25(21)31)35(40(5,38)39)20-28(36)34(19-23-13-9-10-14-26(23)32)27(29(37)33-30(2,3)4)18-22-11-7-6-8-12-22/h6-17,27H,18-20H2,1-5H3,(H,33,37)/t27-/m0/s1. The molecule has 0 aliphatic heterocycles. The van der Waals surface area contributed by atoms with Crippen molar-refractivity contribution in [2.75, 3.05) is 17.1 Å². The van der Waals surface area contributed by atoms with E-state index in [9.17, 15) is 18.0 Å². The summed E-state index contributed by atoms with van der Waals surface area (Å²) < 4.78 is 27.7. The van der Waals surface area contributed by atoms with Gasteiger partial charge in [-0.2, -0.15) is 0 Å². The van der Waals surface area contributed by atoms with Gasteiger partial charge in [-0.05, 0) is 68.7 Å². The third-order valence-electron chi connectivity index (χ3n) is 6.18. The Morgan fingerprint density at radius 2 is 1.62 bits per heavy atom. The van der Waals surface area contributed by atoms with Crippen LogP contribution in [0.4, 0.5) is 5.69 Å². The molecule has 0 aromatic heterocycles. The van der Waals surface area contributed by atoms with Crippen molar-refractivity contribution in [1.82, 2.24) is 10.2 Å². The molecule has 0 radical (unpaired) electrons. The molecule has 0 heterocycles. The van der Waals surface area contributed by atoms with Crippen molar-refractivity contribution in [1.29, 1.82) is 0 Å². The summed E-state index contributed by atoms with van der Waals surface area (Å²) in [7, 11) is -3.85. The Morgan fingerprint density at radius 1 is 1.00 bits per heavy atom. The van der Waals surface area contributed by atoms with Gasteiger partial charge in [-0.15, -0.1) is 0 Å². The van der Waals surface area contributed by atoms with E-state index in [-0.39, 0.29) is 18.9 Å². The number of rotatable bonds is 10. The summed E-state index contributed by atoms with van der Waals surface area (Å²) in [5.41, 5.74) is 2.12. The van der Waals surface area contributed by atoms with Gasteiger partial charge in [0.25, 0.3) is 0 Å². The number of hydrogen-bond donors (Lipinski definition) is 1. The summed E-state index contributed by atoms with van der Waals surface area (Å²) >= 11 is 9.92. The highest BCUT2D eigenvalue weighted by atomic mass is 79.9. The lowest BCUT2D eigenvalue weighted by Gasteiger charge is -2.35. The minimum Gasteiger partial charge on any atom is -0.350 e. The molecule has 0 saturated heterocycles. The van der Waals surface area contributed by atoms with Gasteiger partial charge in [-0.25, -0.2) is 8.42 Å². The number of carbonyl (C=O) groups is 2.